The van der Waals surface area contributed by atoms with E-state index < -0.39 is 15.8 Å². The Morgan fingerprint density at radius 3 is 2.68 bits per heavy atom. The van der Waals surface area contributed by atoms with E-state index in [9.17, 15) is 17.2 Å². The highest BCUT2D eigenvalue weighted by Gasteiger charge is 2.24. The molecule has 8 heteroatoms. The molecule has 4 nitrogen and oxygen atoms in total. The largest absolute Gasteiger partial charge is 0.395 e. The van der Waals surface area contributed by atoms with Crippen LogP contribution in [0.2, 0.25) is 5.02 Å². The van der Waals surface area contributed by atoms with Crippen LogP contribution in [0.3, 0.4) is 0 Å². The van der Waals surface area contributed by atoms with Gasteiger partial charge in [0.25, 0.3) is 10.0 Å². The molecule has 0 unspecified atom stereocenters. The maximum Gasteiger partial charge on any atom is 0.355 e. The highest BCUT2D eigenvalue weighted by atomic mass is 35.5. The number of nitrogens with one attached hydrogen (secondary N) is 1. The second-order valence-corrected chi connectivity index (χ2v) is 5.46. The zero-order chi connectivity index (χ0) is 14.5. The molecule has 0 spiro atoms. The topological polar surface area (TPSA) is 66.4 Å². The van der Waals surface area contributed by atoms with Gasteiger partial charge in [0.15, 0.2) is 0 Å². The zero-order valence-corrected chi connectivity index (χ0v) is 11.1. The number of rotatable bonds is 4. The molecule has 104 valence electrons. The van der Waals surface area contributed by atoms with Crippen molar-refractivity contribution in [3.8, 4) is 11.8 Å². The summed E-state index contributed by atoms with van der Waals surface area (Å²) in [5, 5.41) is 8.76. The van der Waals surface area contributed by atoms with E-state index in [-0.39, 0.29) is 29.3 Å². The standard InChI is InChI=1S/C11H10ClF2NO3S/c12-9-5-4-8(3-1-2-6-16)10(7-9)15-19(17,18)11(13)14/h4-5,7,11,15-16H,2,6H2. The molecule has 1 rings (SSSR count). The van der Waals surface area contributed by atoms with Gasteiger partial charge in [-0.3, -0.25) is 4.72 Å². The number of sulfonamides is 1. The molecule has 0 aliphatic rings. The molecular weight excluding hydrogens is 300 g/mol. The Morgan fingerprint density at radius 2 is 2.11 bits per heavy atom. The van der Waals surface area contributed by atoms with Crippen molar-refractivity contribution in [3.05, 3.63) is 28.8 Å². The minimum absolute atomic E-state index is 0.127. The van der Waals surface area contributed by atoms with Gasteiger partial charge < -0.3 is 5.11 Å². The summed E-state index contributed by atoms with van der Waals surface area (Å²) in [4.78, 5) is 0. The summed E-state index contributed by atoms with van der Waals surface area (Å²) >= 11 is 5.68. The van der Waals surface area contributed by atoms with Crippen molar-refractivity contribution < 1.29 is 22.3 Å². The first kappa shape index (κ1) is 15.7. The van der Waals surface area contributed by atoms with E-state index in [1.807, 2.05) is 0 Å². The van der Waals surface area contributed by atoms with Gasteiger partial charge >= 0.3 is 5.76 Å². The van der Waals surface area contributed by atoms with Gasteiger partial charge in [-0.15, -0.1) is 0 Å². The summed E-state index contributed by atoms with van der Waals surface area (Å²) in [5.41, 5.74) is 0.0697. The summed E-state index contributed by atoms with van der Waals surface area (Å²) in [6, 6.07) is 4.03. The minimum atomic E-state index is -4.78. The molecule has 1 aromatic rings. The molecule has 0 saturated heterocycles. The molecule has 0 aromatic heterocycles. The van der Waals surface area contributed by atoms with Gasteiger partial charge in [0.1, 0.15) is 0 Å². The van der Waals surface area contributed by atoms with Crippen molar-refractivity contribution in [1.82, 2.24) is 0 Å². The van der Waals surface area contributed by atoms with Crippen LogP contribution in [0.5, 0.6) is 0 Å². The third-order valence-electron chi connectivity index (χ3n) is 1.93. The fourth-order valence-electron chi connectivity index (χ4n) is 1.12. The first-order valence-electron chi connectivity index (χ1n) is 5.06. The lowest BCUT2D eigenvalue weighted by atomic mass is 10.2. The van der Waals surface area contributed by atoms with E-state index in [2.05, 4.69) is 11.8 Å². The van der Waals surface area contributed by atoms with Crippen LogP contribution in [-0.2, 0) is 10.0 Å². The highest BCUT2D eigenvalue weighted by molar-refractivity contribution is 7.93. The van der Waals surface area contributed by atoms with Crippen LogP contribution >= 0.6 is 11.6 Å². The third kappa shape index (κ3) is 4.67. The van der Waals surface area contributed by atoms with Crippen LogP contribution in [0.1, 0.15) is 12.0 Å². The monoisotopic (exact) mass is 309 g/mol. The van der Waals surface area contributed by atoms with Gasteiger partial charge in [0.05, 0.1) is 12.3 Å². The van der Waals surface area contributed by atoms with E-state index >= 15 is 0 Å². The maximum absolute atomic E-state index is 12.3. The van der Waals surface area contributed by atoms with Crippen LogP contribution < -0.4 is 4.72 Å². The Hall–Kier alpha value is -1.36. The normalized spacial score (nSPS) is 11.0. The molecule has 19 heavy (non-hydrogen) atoms. The molecule has 0 amide bonds. The minimum Gasteiger partial charge on any atom is -0.395 e. The van der Waals surface area contributed by atoms with Gasteiger partial charge in [0.2, 0.25) is 0 Å². The van der Waals surface area contributed by atoms with Gasteiger partial charge in [0, 0.05) is 17.0 Å². The Balaban J connectivity index is 3.12. The summed E-state index contributed by atoms with van der Waals surface area (Å²) in [5.74, 6) is 1.57. The summed E-state index contributed by atoms with van der Waals surface area (Å²) in [6.45, 7) is -0.154. The number of alkyl halides is 2. The molecule has 0 saturated carbocycles. The maximum atomic E-state index is 12.3. The highest BCUT2D eigenvalue weighted by Crippen LogP contribution is 2.23. The first-order valence-corrected chi connectivity index (χ1v) is 6.98. The first-order chi connectivity index (χ1) is 8.86. The van der Waals surface area contributed by atoms with Crippen molar-refractivity contribution in [3.63, 3.8) is 0 Å². The van der Waals surface area contributed by atoms with Crippen molar-refractivity contribution in [2.24, 2.45) is 0 Å². The Morgan fingerprint density at radius 1 is 1.42 bits per heavy atom. The van der Waals surface area contributed by atoms with Crippen LogP contribution in [0, 0.1) is 11.8 Å². The number of aliphatic hydroxyl groups is 1. The molecule has 0 aliphatic carbocycles. The summed E-state index contributed by atoms with van der Waals surface area (Å²) < 4.78 is 48.5. The lowest BCUT2D eigenvalue weighted by Crippen LogP contribution is -2.21. The average Bonchev–Trinajstić information content (AvgIpc) is 2.31. The second kappa shape index (κ2) is 6.70. The Labute approximate surface area is 114 Å². The molecule has 0 atom stereocenters. The predicted molar refractivity (Wildman–Crippen MR) is 68.6 cm³/mol. The second-order valence-electron chi connectivity index (χ2n) is 3.37. The number of aliphatic hydroxyl groups excluding tert-OH is 1. The number of benzene rings is 1. The van der Waals surface area contributed by atoms with Crippen LogP contribution in [0.4, 0.5) is 14.5 Å². The Bertz CT molecular complexity index is 608. The molecule has 2 N–H and O–H groups in total. The van der Waals surface area contributed by atoms with Crippen LogP contribution in [0.15, 0.2) is 18.2 Å². The van der Waals surface area contributed by atoms with Crippen molar-refractivity contribution >= 4 is 27.3 Å². The van der Waals surface area contributed by atoms with Crippen molar-refractivity contribution in [2.45, 2.75) is 12.2 Å². The fraction of sp³-hybridized carbons (Fsp3) is 0.273. The van der Waals surface area contributed by atoms with E-state index in [1.54, 1.807) is 4.72 Å². The molecule has 0 fully saturated rings. The molecule has 0 radical (unpaired) electrons. The molecule has 0 bridgehead atoms. The van der Waals surface area contributed by atoms with Crippen molar-refractivity contribution in [1.29, 1.82) is 0 Å². The third-order valence-corrected chi connectivity index (χ3v) is 3.14. The zero-order valence-electron chi connectivity index (χ0n) is 9.53. The van der Waals surface area contributed by atoms with E-state index in [1.165, 1.54) is 18.2 Å². The van der Waals surface area contributed by atoms with E-state index in [4.69, 9.17) is 16.7 Å². The SMILES string of the molecule is O=S(=O)(Nc1cc(Cl)ccc1C#CCCO)C(F)F. The van der Waals surface area contributed by atoms with Crippen molar-refractivity contribution in [2.75, 3.05) is 11.3 Å². The van der Waals surface area contributed by atoms with E-state index in [0.29, 0.717) is 0 Å². The number of anilines is 1. The summed E-state index contributed by atoms with van der Waals surface area (Å²) in [7, 11) is -4.78. The number of halogens is 3. The average molecular weight is 310 g/mol. The Kier molecular flexibility index (Phi) is 5.54. The van der Waals surface area contributed by atoms with Gasteiger partial charge in [-0.2, -0.15) is 8.78 Å². The fourth-order valence-corrected chi connectivity index (χ4v) is 1.86. The summed E-state index contributed by atoms with van der Waals surface area (Å²) in [6.07, 6.45) is 0.184. The van der Waals surface area contributed by atoms with Gasteiger partial charge in [-0.1, -0.05) is 23.4 Å². The number of hydrogen-bond donors (Lipinski definition) is 2. The van der Waals surface area contributed by atoms with Crippen LogP contribution in [-0.4, -0.2) is 25.9 Å². The molecule has 0 aliphatic heterocycles. The predicted octanol–water partition coefficient (Wildman–Crippen LogP) is 2.04. The molecule has 0 heterocycles. The van der Waals surface area contributed by atoms with Gasteiger partial charge in [-0.05, 0) is 18.2 Å². The van der Waals surface area contributed by atoms with Gasteiger partial charge in [-0.25, -0.2) is 8.42 Å². The molecular formula is C11H10ClF2NO3S. The smallest absolute Gasteiger partial charge is 0.355 e. The lowest BCUT2D eigenvalue weighted by Gasteiger charge is -2.09. The molecule has 1 aromatic carbocycles. The lowest BCUT2D eigenvalue weighted by molar-refractivity contribution is 0.236. The quantitative estimate of drug-likeness (QED) is 0.836. The van der Waals surface area contributed by atoms with Crippen LogP contribution in [0.25, 0.3) is 0 Å². The van der Waals surface area contributed by atoms with E-state index in [0.717, 1.165) is 0 Å². The number of hydrogen-bond acceptors (Lipinski definition) is 3.